The van der Waals surface area contributed by atoms with Gasteiger partial charge in [0.2, 0.25) is 0 Å². The Morgan fingerprint density at radius 2 is 2.05 bits per heavy atom. The lowest BCUT2D eigenvalue weighted by molar-refractivity contribution is 0.0989. The van der Waals surface area contributed by atoms with E-state index in [0.717, 1.165) is 16.1 Å². The number of rotatable bonds is 4. The first-order valence-corrected chi connectivity index (χ1v) is 6.99. The predicted octanol–water partition coefficient (Wildman–Crippen LogP) is 4.68. The maximum Gasteiger partial charge on any atom is 0.170 e. The Hall–Kier alpha value is -1.39. The van der Waals surface area contributed by atoms with Gasteiger partial charge in [-0.1, -0.05) is 27.5 Å². The Kier molecular flexibility index (Phi) is 4.78. The van der Waals surface area contributed by atoms with Gasteiger partial charge in [-0.25, -0.2) is 4.39 Å². The molecule has 0 amide bonds. The summed E-state index contributed by atoms with van der Waals surface area (Å²) in [5.41, 5.74) is 0.771. The zero-order valence-electron chi connectivity index (χ0n) is 10.6. The first kappa shape index (κ1) is 15.0. The molecule has 0 aliphatic carbocycles. The average molecular weight is 358 g/mol. The zero-order valence-corrected chi connectivity index (χ0v) is 13.0. The van der Waals surface area contributed by atoms with Gasteiger partial charge in [-0.2, -0.15) is 0 Å². The van der Waals surface area contributed by atoms with E-state index in [1.807, 2.05) is 0 Å². The van der Waals surface area contributed by atoms with Crippen molar-refractivity contribution in [2.24, 2.45) is 0 Å². The lowest BCUT2D eigenvalue weighted by atomic mass is 10.0. The molecular formula is C15H11BrClFO2. The Morgan fingerprint density at radius 1 is 1.30 bits per heavy atom. The van der Waals surface area contributed by atoms with Gasteiger partial charge in [-0.05, 0) is 42.0 Å². The van der Waals surface area contributed by atoms with E-state index >= 15 is 0 Å². The number of methoxy groups -OCH3 is 1. The van der Waals surface area contributed by atoms with Crippen LogP contribution < -0.4 is 4.74 Å². The standard InChI is InChI=1S/C15H11BrClFO2/c1-20-11-3-5-13(16)9(6-11)7-15(19)12-4-2-10(17)8-14(12)18/h2-6,8H,7H2,1H3. The molecule has 0 heterocycles. The minimum Gasteiger partial charge on any atom is -0.497 e. The number of ketones is 1. The highest BCUT2D eigenvalue weighted by Gasteiger charge is 2.14. The van der Waals surface area contributed by atoms with E-state index in [0.29, 0.717) is 5.75 Å². The third-order valence-electron chi connectivity index (χ3n) is 2.84. The Morgan fingerprint density at radius 3 is 2.70 bits per heavy atom. The summed E-state index contributed by atoms with van der Waals surface area (Å²) in [6.45, 7) is 0. The molecule has 2 aromatic rings. The molecule has 104 valence electrons. The van der Waals surface area contributed by atoms with Gasteiger partial charge >= 0.3 is 0 Å². The van der Waals surface area contributed by atoms with Crippen LogP contribution in [0.2, 0.25) is 5.02 Å². The van der Waals surface area contributed by atoms with Gasteiger partial charge in [0.05, 0.1) is 12.7 Å². The molecule has 0 spiro atoms. The molecule has 0 saturated heterocycles. The number of Topliss-reactive ketones (excluding diaryl/α,β-unsaturated/α-hetero) is 1. The molecule has 2 rings (SSSR count). The number of ether oxygens (including phenoxy) is 1. The number of carbonyl (C=O) groups is 1. The number of hydrogen-bond donors (Lipinski definition) is 0. The summed E-state index contributed by atoms with van der Waals surface area (Å²) in [7, 11) is 1.55. The van der Waals surface area contributed by atoms with Crippen molar-refractivity contribution in [3.8, 4) is 5.75 Å². The summed E-state index contributed by atoms with van der Waals surface area (Å²) in [5, 5.41) is 0.265. The molecular weight excluding hydrogens is 347 g/mol. The van der Waals surface area contributed by atoms with Crippen LogP contribution in [0.25, 0.3) is 0 Å². The van der Waals surface area contributed by atoms with Crippen LogP contribution in [0.3, 0.4) is 0 Å². The van der Waals surface area contributed by atoms with Crippen LogP contribution in [-0.2, 0) is 6.42 Å². The van der Waals surface area contributed by atoms with Crippen molar-refractivity contribution in [1.29, 1.82) is 0 Å². The lowest BCUT2D eigenvalue weighted by Crippen LogP contribution is -2.07. The molecule has 0 fully saturated rings. The van der Waals surface area contributed by atoms with Gasteiger partial charge < -0.3 is 4.74 Å². The van der Waals surface area contributed by atoms with E-state index < -0.39 is 5.82 Å². The highest BCUT2D eigenvalue weighted by Crippen LogP contribution is 2.24. The van der Waals surface area contributed by atoms with Crippen molar-refractivity contribution in [1.82, 2.24) is 0 Å². The highest BCUT2D eigenvalue weighted by molar-refractivity contribution is 9.10. The molecule has 0 aromatic heterocycles. The Balaban J connectivity index is 2.27. The first-order valence-electron chi connectivity index (χ1n) is 5.82. The second-order valence-corrected chi connectivity index (χ2v) is 5.47. The maximum atomic E-state index is 13.7. The maximum absolute atomic E-state index is 13.7. The molecule has 2 nitrogen and oxygen atoms in total. The van der Waals surface area contributed by atoms with Crippen molar-refractivity contribution < 1.29 is 13.9 Å². The van der Waals surface area contributed by atoms with Gasteiger partial charge in [0.1, 0.15) is 11.6 Å². The minimum absolute atomic E-state index is 0.0316. The molecule has 0 aliphatic rings. The van der Waals surface area contributed by atoms with Gasteiger partial charge in [-0.3, -0.25) is 4.79 Å². The van der Waals surface area contributed by atoms with Crippen LogP contribution in [0.4, 0.5) is 4.39 Å². The number of hydrogen-bond acceptors (Lipinski definition) is 2. The summed E-state index contributed by atoms with van der Waals surface area (Å²) in [4.78, 5) is 12.2. The topological polar surface area (TPSA) is 26.3 Å². The normalized spacial score (nSPS) is 10.4. The fourth-order valence-corrected chi connectivity index (χ4v) is 2.34. The molecule has 20 heavy (non-hydrogen) atoms. The van der Waals surface area contributed by atoms with Crippen LogP contribution in [0.5, 0.6) is 5.75 Å². The van der Waals surface area contributed by atoms with Crippen molar-refractivity contribution >= 4 is 33.3 Å². The van der Waals surface area contributed by atoms with Gasteiger partial charge in [-0.15, -0.1) is 0 Å². The van der Waals surface area contributed by atoms with Gasteiger partial charge in [0.15, 0.2) is 5.78 Å². The monoisotopic (exact) mass is 356 g/mol. The quantitative estimate of drug-likeness (QED) is 0.743. The van der Waals surface area contributed by atoms with Crippen molar-refractivity contribution in [2.75, 3.05) is 7.11 Å². The second-order valence-electron chi connectivity index (χ2n) is 4.18. The lowest BCUT2D eigenvalue weighted by Gasteiger charge is -2.07. The fraction of sp³-hybridized carbons (Fsp3) is 0.133. The molecule has 2 aromatic carbocycles. The molecule has 0 aliphatic heterocycles. The second kappa shape index (κ2) is 6.37. The van der Waals surface area contributed by atoms with E-state index in [9.17, 15) is 9.18 Å². The van der Waals surface area contributed by atoms with E-state index in [1.165, 1.54) is 12.1 Å². The average Bonchev–Trinajstić information content (AvgIpc) is 2.41. The third-order valence-corrected chi connectivity index (χ3v) is 3.84. The molecule has 0 bridgehead atoms. The Labute approximate surface area is 129 Å². The first-order chi connectivity index (χ1) is 9.51. The molecule has 0 N–H and O–H groups in total. The SMILES string of the molecule is COc1ccc(Br)c(CC(=O)c2ccc(Cl)cc2F)c1. The summed E-state index contributed by atoms with van der Waals surface area (Å²) in [6.07, 6.45) is 0.0797. The molecule has 0 unspecified atom stereocenters. The summed E-state index contributed by atoms with van der Waals surface area (Å²) >= 11 is 9.04. The van der Waals surface area contributed by atoms with E-state index in [1.54, 1.807) is 25.3 Å². The number of benzene rings is 2. The van der Waals surface area contributed by atoms with E-state index in [2.05, 4.69) is 15.9 Å². The van der Waals surface area contributed by atoms with Crippen molar-refractivity contribution in [2.45, 2.75) is 6.42 Å². The van der Waals surface area contributed by atoms with E-state index in [4.69, 9.17) is 16.3 Å². The zero-order chi connectivity index (χ0) is 14.7. The number of halogens is 3. The van der Waals surface area contributed by atoms with Crippen LogP contribution in [0.1, 0.15) is 15.9 Å². The third kappa shape index (κ3) is 3.38. The van der Waals surface area contributed by atoms with Gasteiger partial charge in [0, 0.05) is 15.9 Å². The van der Waals surface area contributed by atoms with Crippen LogP contribution in [0, 0.1) is 5.82 Å². The summed E-state index contributed by atoms with van der Waals surface area (Å²) in [6, 6.07) is 9.35. The van der Waals surface area contributed by atoms with Crippen molar-refractivity contribution in [3.63, 3.8) is 0 Å². The largest absolute Gasteiger partial charge is 0.497 e. The summed E-state index contributed by atoms with van der Waals surface area (Å²) < 4.78 is 19.6. The van der Waals surface area contributed by atoms with E-state index in [-0.39, 0.29) is 22.8 Å². The van der Waals surface area contributed by atoms with Crippen LogP contribution in [0.15, 0.2) is 40.9 Å². The fourth-order valence-electron chi connectivity index (χ4n) is 1.80. The minimum atomic E-state index is -0.610. The van der Waals surface area contributed by atoms with Gasteiger partial charge in [0.25, 0.3) is 0 Å². The molecule has 0 atom stereocenters. The Bertz CT molecular complexity index is 658. The predicted molar refractivity (Wildman–Crippen MR) is 80.1 cm³/mol. The highest BCUT2D eigenvalue weighted by atomic mass is 79.9. The van der Waals surface area contributed by atoms with Crippen LogP contribution in [-0.4, -0.2) is 12.9 Å². The molecule has 0 saturated carbocycles. The van der Waals surface area contributed by atoms with Crippen molar-refractivity contribution in [3.05, 3.63) is 62.8 Å². The smallest absolute Gasteiger partial charge is 0.170 e. The summed E-state index contributed by atoms with van der Waals surface area (Å²) in [5.74, 6) is -0.276. The molecule has 5 heteroatoms. The van der Waals surface area contributed by atoms with Crippen LogP contribution >= 0.6 is 27.5 Å². The number of carbonyl (C=O) groups excluding carboxylic acids is 1. The molecule has 0 radical (unpaired) electrons.